The first-order valence-electron chi connectivity index (χ1n) is 5.23. The monoisotopic (exact) mass is 236 g/mol. The molecule has 0 radical (unpaired) electrons. The maximum atomic E-state index is 8.89. The second-order valence-corrected chi connectivity index (χ2v) is 4.21. The van der Waals surface area contributed by atoms with Crippen molar-refractivity contribution in [1.82, 2.24) is 10.3 Å². The summed E-state index contributed by atoms with van der Waals surface area (Å²) in [6.45, 7) is 1.81. The quantitative estimate of drug-likeness (QED) is 0.844. The molecule has 1 aliphatic rings. The van der Waals surface area contributed by atoms with Crippen LogP contribution < -0.4 is 10.2 Å². The minimum atomic E-state index is 0.460. The van der Waals surface area contributed by atoms with Crippen molar-refractivity contribution in [2.75, 3.05) is 25.0 Å². The molecule has 1 aromatic heterocycles. The van der Waals surface area contributed by atoms with Crippen LogP contribution in [-0.4, -0.2) is 31.2 Å². The Morgan fingerprint density at radius 3 is 3.12 bits per heavy atom. The molecule has 0 saturated carbocycles. The van der Waals surface area contributed by atoms with Gasteiger partial charge in [0.2, 0.25) is 0 Å². The molecule has 5 heteroatoms. The van der Waals surface area contributed by atoms with E-state index in [-0.39, 0.29) is 0 Å². The smallest absolute Gasteiger partial charge is 0.148 e. The van der Waals surface area contributed by atoms with Gasteiger partial charge in [-0.2, -0.15) is 5.26 Å². The van der Waals surface area contributed by atoms with Gasteiger partial charge in [-0.3, -0.25) is 0 Å². The number of pyridine rings is 1. The van der Waals surface area contributed by atoms with Gasteiger partial charge in [-0.15, -0.1) is 0 Å². The second kappa shape index (κ2) is 4.69. The van der Waals surface area contributed by atoms with Gasteiger partial charge in [0, 0.05) is 25.3 Å². The molecule has 2 heterocycles. The van der Waals surface area contributed by atoms with Crippen LogP contribution in [0, 0.1) is 11.3 Å². The summed E-state index contributed by atoms with van der Waals surface area (Å²) in [4.78, 5) is 6.37. The van der Waals surface area contributed by atoms with Crippen LogP contribution in [-0.2, 0) is 0 Å². The Hall–Kier alpha value is -1.31. The first-order chi connectivity index (χ1) is 7.76. The fourth-order valence-corrected chi connectivity index (χ4v) is 2.20. The molecule has 1 fully saturated rings. The van der Waals surface area contributed by atoms with Crippen LogP contribution in [0.25, 0.3) is 0 Å². The van der Waals surface area contributed by atoms with Crippen LogP contribution in [0.3, 0.4) is 0 Å². The molecule has 84 valence electrons. The van der Waals surface area contributed by atoms with E-state index in [1.807, 2.05) is 7.05 Å². The van der Waals surface area contributed by atoms with Gasteiger partial charge in [0.25, 0.3) is 0 Å². The third-order valence-electron chi connectivity index (χ3n) is 2.89. The number of anilines is 1. The lowest BCUT2D eigenvalue weighted by atomic mass is 10.3. The molecule has 1 unspecified atom stereocenters. The van der Waals surface area contributed by atoms with E-state index < -0.39 is 0 Å². The van der Waals surface area contributed by atoms with Gasteiger partial charge >= 0.3 is 0 Å². The lowest BCUT2D eigenvalue weighted by Crippen LogP contribution is -2.30. The molecule has 0 bridgehead atoms. The maximum absolute atomic E-state index is 8.89. The molecule has 0 aliphatic carbocycles. The standard InChI is InChI=1S/C11H13ClN4/c1-14-9-3-5-16(7-9)11-10(12)8(6-13)2-4-15-11/h2,4,9,14H,3,5,7H2,1H3. The predicted molar refractivity (Wildman–Crippen MR) is 63.6 cm³/mol. The highest BCUT2D eigenvalue weighted by Crippen LogP contribution is 2.28. The molecule has 1 atom stereocenters. The summed E-state index contributed by atoms with van der Waals surface area (Å²) in [7, 11) is 1.95. The molecular weight excluding hydrogens is 224 g/mol. The van der Waals surface area contributed by atoms with E-state index in [2.05, 4.69) is 21.3 Å². The second-order valence-electron chi connectivity index (χ2n) is 3.83. The van der Waals surface area contributed by atoms with Gasteiger partial charge in [0.05, 0.1) is 5.56 Å². The number of hydrogen-bond acceptors (Lipinski definition) is 4. The van der Waals surface area contributed by atoms with E-state index in [4.69, 9.17) is 16.9 Å². The first-order valence-corrected chi connectivity index (χ1v) is 5.61. The normalized spacial score (nSPS) is 19.8. The predicted octanol–water partition coefficient (Wildman–Crippen LogP) is 1.40. The Bertz CT molecular complexity index is 426. The van der Waals surface area contributed by atoms with Crippen LogP contribution in [0.1, 0.15) is 12.0 Å². The molecule has 0 aromatic carbocycles. The number of nitriles is 1. The average molecular weight is 237 g/mol. The van der Waals surface area contributed by atoms with Crippen LogP contribution in [0.2, 0.25) is 5.02 Å². The summed E-state index contributed by atoms with van der Waals surface area (Å²) >= 11 is 6.13. The van der Waals surface area contributed by atoms with Gasteiger partial charge in [-0.25, -0.2) is 4.98 Å². The zero-order valence-electron chi connectivity index (χ0n) is 9.07. The van der Waals surface area contributed by atoms with Crippen molar-refractivity contribution in [3.8, 4) is 6.07 Å². The van der Waals surface area contributed by atoms with Crippen molar-refractivity contribution in [3.05, 3.63) is 22.8 Å². The average Bonchev–Trinajstić information content (AvgIpc) is 2.78. The number of hydrogen-bond donors (Lipinski definition) is 1. The third kappa shape index (κ3) is 1.97. The lowest BCUT2D eigenvalue weighted by molar-refractivity contribution is 0.616. The Morgan fingerprint density at radius 2 is 2.50 bits per heavy atom. The number of nitrogens with one attached hydrogen (secondary N) is 1. The van der Waals surface area contributed by atoms with E-state index in [1.54, 1.807) is 12.3 Å². The van der Waals surface area contributed by atoms with Crippen LogP contribution in [0.15, 0.2) is 12.3 Å². The van der Waals surface area contributed by atoms with E-state index in [0.29, 0.717) is 16.6 Å². The summed E-state index contributed by atoms with van der Waals surface area (Å²) in [5.41, 5.74) is 0.486. The van der Waals surface area contributed by atoms with Crippen molar-refractivity contribution in [1.29, 1.82) is 5.26 Å². The zero-order valence-corrected chi connectivity index (χ0v) is 9.83. The number of likely N-dealkylation sites (N-methyl/N-ethyl adjacent to an activating group) is 1. The molecule has 0 amide bonds. The highest BCUT2D eigenvalue weighted by atomic mass is 35.5. The van der Waals surface area contributed by atoms with Crippen molar-refractivity contribution in [2.24, 2.45) is 0 Å². The number of halogens is 1. The van der Waals surface area contributed by atoms with Gasteiger partial charge in [0.15, 0.2) is 0 Å². The minimum Gasteiger partial charge on any atom is -0.354 e. The summed E-state index contributed by atoms with van der Waals surface area (Å²) in [6, 6.07) is 4.18. The maximum Gasteiger partial charge on any atom is 0.148 e. The number of aromatic nitrogens is 1. The molecular formula is C11H13ClN4. The highest BCUT2D eigenvalue weighted by Gasteiger charge is 2.24. The Kier molecular flexibility index (Phi) is 3.28. The summed E-state index contributed by atoms with van der Waals surface area (Å²) in [6.07, 6.45) is 2.71. The van der Waals surface area contributed by atoms with Crippen LogP contribution >= 0.6 is 11.6 Å². The van der Waals surface area contributed by atoms with Crippen LogP contribution in [0.5, 0.6) is 0 Å². The molecule has 1 saturated heterocycles. The molecule has 4 nitrogen and oxygen atoms in total. The van der Waals surface area contributed by atoms with E-state index in [1.165, 1.54) is 0 Å². The third-order valence-corrected chi connectivity index (χ3v) is 3.26. The Morgan fingerprint density at radius 1 is 1.69 bits per heavy atom. The fraction of sp³-hybridized carbons (Fsp3) is 0.455. The van der Waals surface area contributed by atoms with Gasteiger partial charge in [-0.05, 0) is 19.5 Å². The minimum absolute atomic E-state index is 0.460. The fourth-order valence-electron chi connectivity index (χ4n) is 1.93. The van der Waals surface area contributed by atoms with Gasteiger partial charge in [0.1, 0.15) is 16.9 Å². The van der Waals surface area contributed by atoms with Gasteiger partial charge in [-0.1, -0.05) is 11.6 Å². The van der Waals surface area contributed by atoms with Crippen molar-refractivity contribution < 1.29 is 0 Å². The SMILES string of the molecule is CNC1CCN(c2nccc(C#N)c2Cl)C1. The van der Waals surface area contributed by atoms with Crippen LogP contribution in [0.4, 0.5) is 5.82 Å². The summed E-state index contributed by atoms with van der Waals surface area (Å²) in [5, 5.41) is 12.6. The molecule has 16 heavy (non-hydrogen) atoms. The molecule has 0 spiro atoms. The molecule has 1 N–H and O–H groups in total. The first kappa shape index (κ1) is 11.2. The highest BCUT2D eigenvalue weighted by molar-refractivity contribution is 6.34. The van der Waals surface area contributed by atoms with Crippen molar-refractivity contribution in [3.63, 3.8) is 0 Å². The summed E-state index contributed by atoms with van der Waals surface area (Å²) in [5.74, 6) is 0.721. The van der Waals surface area contributed by atoms with E-state index in [0.717, 1.165) is 25.3 Å². The Labute approximate surface area is 99.8 Å². The topological polar surface area (TPSA) is 52.0 Å². The van der Waals surface area contributed by atoms with E-state index in [9.17, 15) is 0 Å². The number of nitrogens with zero attached hydrogens (tertiary/aromatic N) is 3. The summed E-state index contributed by atoms with van der Waals surface area (Å²) < 4.78 is 0. The largest absolute Gasteiger partial charge is 0.354 e. The zero-order chi connectivity index (χ0) is 11.5. The van der Waals surface area contributed by atoms with Gasteiger partial charge < -0.3 is 10.2 Å². The molecule has 2 rings (SSSR count). The number of rotatable bonds is 2. The Balaban J connectivity index is 2.25. The molecule has 1 aliphatic heterocycles. The lowest BCUT2D eigenvalue weighted by Gasteiger charge is -2.18. The van der Waals surface area contributed by atoms with Crippen molar-refractivity contribution >= 4 is 17.4 Å². The van der Waals surface area contributed by atoms with E-state index >= 15 is 0 Å². The molecule has 1 aromatic rings. The van der Waals surface area contributed by atoms with Crippen molar-refractivity contribution in [2.45, 2.75) is 12.5 Å².